The minimum atomic E-state index is -0.462. The monoisotopic (exact) mass is 366 g/mol. The van der Waals surface area contributed by atoms with Crippen molar-refractivity contribution in [3.05, 3.63) is 65.6 Å². The van der Waals surface area contributed by atoms with E-state index in [0.29, 0.717) is 28.2 Å². The maximum Gasteiger partial charge on any atom is 0.323 e. The Morgan fingerprint density at radius 2 is 1.78 bits per heavy atom. The van der Waals surface area contributed by atoms with Crippen molar-refractivity contribution in [2.75, 3.05) is 10.6 Å². The lowest BCUT2D eigenvalue weighted by Crippen LogP contribution is -2.19. The molecule has 0 spiro atoms. The molecular formula is C20H19FN4O2. The number of carbonyl (C=O) groups is 2. The van der Waals surface area contributed by atoms with Gasteiger partial charge < -0.3 is 10.6 Å². The lowest BCUT2D eigenvalue weighted by atomic mass is 10.0. The van der Waals surface area contributed by atoms with Gasteiger partial charge in [0.1, 0.15) is 5.69 Å². The Balaban J connectivity index is 1.80. The second kappa shape index (κ2) is 7.41. The van der Waals surface area contributed by atoms with Crippen LogP contribution in [0.4, 0.5) is 20.6 Å². The molecule has 0 fully saturated rings. The number of aromatic nitrogens is 2. The molecule has 0 aliphatic carbocycles. The molecule has 0 atom stereocenters. The van der Waals surface area contributed by atoms with Crippen LogP contribution in [0.25, 0.3) is 11.3 Å². The number of nitrogens with one attached hydrogen (secondary N) is 2. The molecule has 1 aromatic heterocycles. The number of amides is 2. The zero-order valence-electron chi connectivity index (χ0n) is 15.2. The lowest BCUT2D eigenvalue weighted by Gasteiger charge is -2.12. The summed E-state index contributed by atoms with van der Waals surface area (Å²) in [7, 11) is 1.66. The van der Waals surface area contributed by atoms with Crippen LogP contribution in [0, 0.1) is 12.7 Å². The van der Waals surface area contributed by atoms with Crippen LogP contribution in [0.5, 0.6) is 0 Å². The molecule has 138 valence electrons. The molecule has 0 unspecified atom stereocenters. The van der Waals surface area contributed by atoms with Crippen molar-refractivity contribution < 1.29 is 14.0 Å². The predicted octanol–water partition coefficient (Wildman–Crippen LogP) is 4.38. The maximum atomic E-state index is 14.1. The van der Waals surface area contributed by atoms with Gasteiger partial charge in [-0.25, -0.2) is 9.18 Å². The first-order valence-electron chi connectivity index (χ1n) is 8.32. The van der Waals surface area contributed by atoms with Crippen molar-refractivity contribution in [2.24, 2.45) is 7.05 Å². The highest BCUT2D eigenvalue weighted by Crippen LogP contribution is 2.28. The third-order valence-electron chi connectivity index (χ3n) is 4.17. The van der Waals surface area contributed by atoms with Gasteiger partial charge in [0.15, 0.2) is 11.6 Å². The summed E-state index contributed by atoms with van der Waals surface area (Å²) in [5.41, 5.74) is 3.38. The summed E-state index contributed by atoms with van der Waals surface area (Å²) in [4.78, 5) is 23.7. The summed E-state index contributed by atoms with van der Waals surface area (Å²) >= 11 is 0. The molecule has 27 heavy (non-hydrogen) atoms. The quantitative estimate of drug-likeness (QED) is 0.673. The molecule has 0 radical (unpaired) electrons. The second-order valence-corrected chi connectivity index (χ2v) is 6.21. The van der Waals surface area contributed by atoms with E-state index in [1.165, 1.54) is 11.6 Å². The van der Waals surface area contributed by atoms with Gasteiger partial charge in [-0.1, -0.05) is 18.2 Å². The third kappa shape index (κ3) is 4.03. The van der Waals surface area contributed by atoms with E-state index in [0.717, 1.165) is 11.8 Å². The van der Waals surface area contributed by atoms with E-state index >= 15 is 0 Å². The summed E-state index contributed by atoms with van der Waals surface area (Å²) in [6.07, 6.45) is 1.16. The SMILES string of the molecule is CC(=O)c1cccc(NC(=O)Nc2ccc(C)c(-c3c(F)cnn3C)c2)c1. The Bertz CT molecular complexity index is 1010. The van der Waals surface area contributed by atoms with Crippen molar-refractivity contribution in [2.45, 2.75) is 13.8 Å². The van der Waals surface area contributed by atoms with E-state index in [2.05, 4.69) is 15.7 Å². The van der Waals surface area contributed by atoms with Crippen LogP contribution >= 0.6 is 0 Å². The molecule has 1 heterocycles. The number of halogens is 1. The number of aryl methyl sites for hydroxylation is 2. The van der Waals surface area contributed by atoms with Gasteiger partial charge in [0.2, 0.25) is 0 Å². The standard InChI is InChI=1S/C20H19FN4O2/c1-12-7-8-16(10-17(12)19-18(21)11-22-25(19)3)24-20(27)23-15-6-4-5-14(9-15)13(2)26/h4-11H,1-3H3,(H2,23,24,27). The number of rotatable bonds is 4. The molecule has 0 aliphatic heterocycles. The summed E-state index contributed by atoms with van der Waals surface area (Å²) in [5, 5.41) is 9.32. The molecule has 6 nitrogen and oxygen atoms in total. The number of hydrogen-bond donors (Lipinski definition) is 2. The summed E-state index contributed by atoms with van der Waals surface area (Å²) < 4.78 is 15.5. The first-order valence-corrected chi connectivity index (χ1v) is 8.32. The maximum absolute atomic E-state index is 14.1. The fourth-order valence-corrected chi connectivity index (χ4v) is 2.78. The Labute approximate surface area is 156 Å². The topological polar surface area (TPSA) is 76.0 Å². The van der Waals surface area contributed by atoms with Gasteiger partial charge in [0.05, 0.1) is 6.20 Å². The molecule has 0 bridgehead atoms. The van der Waals surface area contributed by atoms with Crippen LogP contribution in [0.2, 0.25) is 0 Å². The van der Waals surface area contributed by atoms with E-state index in [1.807, 2.05) is 6.92 Å². The number of nitrogens with zero attached hydrogens (tertiary/aromatic N) is 2. The lowest BCUT2D eigenvalue weighted by molar-refractivity contribution is 0.101. The Morgan fingerprint density at radius 3 is 2.41 bits per heavy atom. The molecule has 3 aromatic rings. The number of urea groups is 1. The average molecular weight is 366 g/mol. The van der Waals surface area contributed by atoms with E-state index in [-0.39, 0.29) is 5.78 Å². The van der Waals surface area contributed by atoms with Crippen molar-refractivity contribution in [3.63, 3.8) is 0 Å². The molecule has 3 rings (SSSR count). The number of Topliss-reactive ketones (excluding diaryl/α,β-unsaturated/α-hetero) is 1. The van der Waals surface area contributed by atoms with Crippen molar-refractivity contribution in [3.8, 4) is 11.3 Å². The minimum Gasteiger partial charge on any atom is -0.308 e. The zero-order valence-corrected chi connectivity index (χ0v) is 15.2. The van der Waals surface area contributed by atoms with E-state index in [4.69, 9.17) is 0 Å². The Morgan fingerprint density at radius 1 is 1.07 bits per heavy atom. The van der Waals surface area contributed by atoms with Crippen LogP contribution in [0.1, 0.15) is 22.8 Å². The van der Waals surface area contributed by atoms with Crippen LogP contribution < -0.4 is 10.6 Å². The van der Waals surface area contributed by atoms with Crippen molar-refractivity contribution in [1.82, 2.24) is 9.78 Å². The summed E-state index contributed by atoms with van der Waals surface area (Å²) in [5.74, 6) is -0.510. The van der Waals surface area contributed by atoms with Crippen LogP contribution in [-0.2, 0) is 7.05 Å². The minimum absolute atomic E-state index is 0.0829. The van der Waals surface area contributed by atoms with Gasteiger partial charge in [0.25, 0.3) is 0 Å². The molecule has 0 saturated heterocycles. The second-order valence-electron chi connectivity index (χ2n) is 6.21. The van der Waals surface area contributed by atoms with E-state index in [9.17, 15) is 14.0 Å². The fourth-order valence-electron chi connectivity index (χ4n) is 2.78. The van der Waals surface area contributed by atoms with Gasteiger partial charge in [-0.3, -0.25) is 9.48 Å². The van der Waals surface area contributed by atoms with E-state index < -0.39 is 11.8 Å². The van der Waals surface area contributed by atoms with Crippen molar-refractivity contribution >= 4 is 23.2 Å². The third-order valence-corrected chi connectivity index (χ3v) is 4.17. The van der Waals surface area contributed by atoms with E-state index in [1.54, 1.807) is 49.5 Å². The van der Waals surface area contributed by atoms with Crippen LogP contribution in [0.15, 0.2) is 48.7 Å². The first kappa shape index (κ1) is 18.3. The smallest absolute Gasteiger partial charge is 0.308 e. The number of carbonyl (C=O) groups excluding carboxylic acids is 2. The highest BCUT2D eigenvalue weighted by molar-refractivity contribution is 6.01. The highest BCUT2D eigenvalue weighted by atomic mass is 19.1. The van der Waals surface area contributed by atoms with Crippen LogP contribution in [-0.4, -0.2) is 21.6 Å². The molecular weight excluding hydrogens is 347 g/mol. The van der Waals surface area contributed by atoms with Crippen LogP contribution in [0.3, 0.4) is 0 Å². The molecule has 2 aromatic carbocycles. The Kier molecular flexibility index (Phi) is 5.03. The molecule has 7 heteroatoms. The normalized spacial score (nSPS) is 10.5. The summed E-state index contributed by atoms with van der Waals surface area (Å²) in [6.45, 7) is 3.32. The largest absolute Gasteiger partial charge is 0.323 e. The molecule has 0 aliphatic rings. The number of anilines is 2. The molecule has 0 saturated carbocycles. The highest BCUT2D eigenvalue weighted by Gasteiger charge is 2.14. The molecule has 2 amide bonds. The average Bonchev–Trinajstić information content (AvgIpc) is 2.95. The van der Waals surface area contributed by atoms with Gasteiger partial charge in [0, 0.05) is 29.5 Å². The van der Waals surface area contributed by atoms with Gasteiger partial charge in [-0.15, -0.1) is 0 Å². The molecule has 2 N–H and O–H groups in total. The number of hydrogen-bond acceptors (Lipinski definition) is 3. The number of ketones is 1. The van der Waals surface area contributed by atoms with Gasteiger partial charge in [-0.05, 0) is 43.7 Å². The van der Waals surface area contributed by atoms with Gasteiger partial charge >= 0.3 is 6.03 Å². The van der Waals surface area contributed by atoms with Gasteiger partial charge in [-0.2, -0.15) is 5.10 Å². The summed E-state index contributed by atoms with van der Waals surface area (Å²) in [6, 6.07) is 11.4. The number of benzene rings is 2. The Hall–Kier alpha value is -3.48. The van der Waals surface area contributed by atoms with Crippen molar-refractivity contribution in [1.29, 1.82) is 0 Å². The fraction of sp³-hybridized carbons (Fsp3) is 0.150. The predicted molar refractivity (Wildman–Crippen MR) is 102 cm³/mol. The zero-order chi connectivity index (χ0) is 19.6. The first-order chi connectivity index (χ1) is 12.8.